The van der Waals surface area contributed by atoms with E-state index in [0.29, 0.717) is 24.5 Å². The minimum absolute atomic E-state index is 0.0270. The molecule has 2 atom stereocenters. The first-order valence-electron chi connectivity index (χ1n) is 8.70. The van der Waals surface area contributed by atoms with Gasteiger partial charge in [0, 0.05) is 18.1 Å². The van der Waals surface area contributed by atoms with Crippen LogP contribution in [0, 0.1) is 16.7 Å². The van der Waals surface area contributed by atoms with Crippen molar-refractivity contribution in [1.82, 2.24) is 10.2 Å². The molecule has 27 heavy (non-hydrogen) atoms. The molecule has 3 rings (SSSR count). The Labute approximate surface area is 168 Å². The van der Waals surface area contributed by atoms with E-state index in [-0.39, 0.29) is 40.3 Å². The van der Waals surface area contributed by atoms with E-state index < -0.39 is 11.3 Å². The Morgan fingerprint density at radius 3 is 2.63 bits per heavy atom. The van der Waals surface area contributed by atoms with Gasteiger partial charge in [-0.1, -0.05) is 37.0 Å². The number of amides is 2. The number of hydrogen-bond acceptors (Lipinski definition) is 4. The number of likely N-dealkylation sites (tertiary alicyclic amines) is 1. The van der Waals surface area contributed by atoms with Gasteiger partial charge in [-0.05, 0) is 36.0 Å². The monoisotopic (exact) mass is 412 g/mol. The number of esters is 1. The van der Waals surface area contributed by atoms with Gasteiger partial charge >= 0.3 is 5.97 Å². The van der Waals surface area contributed by atoms with Crippen molar-refractivity contribution in [2.45, 2.75) is 20.3 Å². The Kier molecular flexibility index (Phi) is 5.16. The van der Waals surface area contributed by atoms with Gasteiger partial charge in [-0.25, -0.2) is 0 Å². The molecule has 1 aromatic rings. The summed E-state index contributed by atoms with van der Waals surface area (Å²) >= 11 is 11.9. The minimum atomic E-state index is -0.631. The lowest BCUT2D eigenvalue weighted by Gasteiger charge is -2.54. The first-order chi connectivity index (χ1) is 12.6. The second-order valence-corrected chi connectivity index (χ2v) is 8.79. The summed E-state index contributed by atoms with van der Waals surface area (Å²) in [5.41, 5.74) is -0.444. The number of hydrogen-bond donors (Lipinski definition) is 1. The smallest absolute Gasteiger partial charge is 0.314 e. The van der Waals surface area contributed by atoms with Crippen LogP contribution in [0.1, 0.15) is 30.6 Å². The lowest BCUT2D eigenvalue weighted by Crippen LogP contribution is -2.57. The normalized spacial score (nSPS) is 25.4. The predicted octanol–water partition coefficient (Wildman–Crippen LogP) is 2.77. The van der Waals surface area contributed by atoms with Gasteiger partial charge in [0.05, 0.1) is 29.7 Å². The summed E-state index contributed by atoms with van der Waals surface area (Å²) in [5.74, 6) is -0.924. The topological polar surface area (TPSA) is 75.7 Å². The molecule has 1 aliphatic heterocycles. The Morgan fingerprint density at radius 1 is 1.30 bits per heavy atom. The highest BCUT2D eigenvalue weighted by atomic mass is 35.5. The second kappa shape index (κ2) is 6.99. The average Bonchev–Trinajstić information content (AvgIpc) is 2.96. The molecule has 1 heterocycles. The third-order valence-corrected chi connectivity index (χ3v) is 6.34. The van der Waals surface area contributed by atoms with Gasteiger partial charge in [0.15, 0.2) is 0 Å². The Morgan fingerprint density at radius 2 is 2.00 bits per heavy atom. The number of nitrogens with one attached hydrogen (secondary N) is 1. The standard InChI is InChI=1S/C19H22Cl2N2O4/c1-18(2)9-19(17(26)27-3)10-23(8-14(18)19)15(24)7-22-16(25)12-6-11(20)4-5-13(12)21/h4-6,14H,7-10H2,1-3H3,(H,22,25)/t14-,19+/m1/s1. The number of nitrogens with zero attached hydrogens (tertiary/aromatic N) is 1. The van der Waals surface area contributed by atoms with E-state index >= 15 is 0 Å². The van der Waals surface area contributed by atoms with Gasteiger partial charge in [-0.2, -0.15) is 0 Å². The summed E-state index contributed by atoms with van der Waals surface area (Å²) < 4.78 is 4.99. The maximum Gasteiger partial charge on any atom is 0.314 e. The van der Waals surface area contributed by atoms with Crippen LogP contribution in [0.3, 0.4) is 0 Å². The highest BCUT2D eigenvalue weighted by molar-refractivity contribution is 6.35. The molecule has 146 valence electrons. The lowest BCUT2D eigenvalue weighted by molar-refractivity contribution is -0.174. The van der Waals surface area contributed by atoms with Gasteiger partial charge in [0.2, 0.25) is 5.91 Å². The zero-order valence-corrected chi connectivity index (χ0v) is 17.0. The van der Waals surface area contributed by atoms with E-state index in [9.17, 15) is 14.4 Å². The van der Waals surface area contributed by atoms with Crippen molar-refractivity contribution in [3.05, 3.63) is 33.8 Å². The van der Waals surface area contributed by atoms with Crippen molar-refractivity contribution < 1.29 is 19.1 Å². The molecule has 2 fully saturated rings. The molecule has 0 aromatic heterocycles. The van der Waals surface area contributed by atoms with Crippen molar-refractivity contribution in [2.24, 2.45) is 16.7 Å². The molecular formula is C19H22Cl2N2O4. The van der Waals surface area contributed by atoms with Crippen molar-refractivity contribution >= 4 is 41.0 Å². The fourth-order valence-electron chi connectivity index (χ4n) is 4.60. The first-order valence-corrected chi connectivity index (χ1v) is 9.46. The van der Waals surface area contributed by atoms with Gasteiger partial charge in [0.25, 0.3) is 5.91 Å². The number of rotatable bonds is 4. The largest absolute Gasteiger partial charge is 0.469 e. The number of carbonyl (C=O) groups is 3. The van der Waals surface area contributed by atoms with E-state index in [1.54, 1.807) is 11.0 Å². The third-order valence-electron chi connectivity index (χ3n) is 5.78. The van der Waals surface area contributed by atoms with Crippen LogP contribution in [0.2, 0.25) is 10.0 Å². The highest BCUT2D eigenvalue weighted by Gasteiger charge is 2.67. The molecule has 1 N–H and O–H groups in total. The zero-order valence-electron chi connectivity index (χ0n) is 15.5. The van der Waals surface area contributed by atoms with E-state index in [1.807, 2.05) is 0 Å². The molecule has 0 spiro atoms. The number of halogens is 2. The molecule has 1 saturated carbocycles. The van der Waals surface area contributed by atoms with Crippen molar-refractivity contribution in [2.75, 3.05) is 26.7 Å². The minimum Gasteiger partial charge on any atom is -0.469 e. The van der Waals surface area contributed by atoms with Crippen LogP contribution in [-0.4, -0.2) is 49.4 Å². The summed E-state index contributed by atoms with van der Waals surface area (Å²) in [7, 11) is 1.37. The molecule has 0 radical (unpaired) electrons. The van der Waals surface area contributed by atoms with E-state index in [2.05, 4.69) is 19.2 Å². The van der Waals surface area contributed by atoms with Gasteiger partial charge in [-0.15, -0.1) is 0 Å². The molecule has 1 saturated heterocycles. The molecule has 0 unspecified atom stereocenters. The second-order valence-electron chi connectivity index (χ2n) is 7.95. The summed E-state index contributed by atoms with van der Waals surface area (Å²) in [6, 6.07) is 4.56. The predicted molar refractivity (Wildman–Crippen MR) is 102 cm³/mol. The number of ether oxygens (including phenoxy) is 1. The quantitative estimate of drug-likeness (QED) is 0.771. The van der Waals surface area contributed by atoms with Crippen LogP contribution < -0.4 is 5.32 Å². The maximum atomic E-state index is 12.6. The fraction of sp³-hybridized carbons (Fsp3) is 0.526. The molecule has 1 aromatic carbocycles. The number of fused-ring (bicyclic) bond motifs is 1. The summed E-state index contributed by atoms with van der Waals surface area (Å²) in [4.78, 5) is 38.9. The molecule has 6 nitrogen and oxygen atoms in total. The van der Waals surface area contributed by atoms with Gasteiger partial charge < -0.3 is 15.0 Å². The van der Waals surface area contributed by atoms with Gasteiger partial charge in [-0.3, -0.25) is 14.4 Å². The summed E-state index contributed by atoms with van der Waals surface area (Å²) in [5, 5.41) is 3.22. The zero-order chi connectivity index (χ0) is 20.0. The molecule has 2 amide bonds. The van der Waals surface area contributed by atoms with Crippen molar-refractivity contribution in [3.63, 3.8) is 0 Å². The van der Waals surface area contributed by atoms with Crippen LogP contribution in [0.4, 0.5) is 0 Å². The Balaban J connectivity index is 1.65. The van der Waals surface area contributed by atoms with Crippen LogP contribution in [0.15, 0.2) is 18.2 Å². The Hall–Kier alpha value is -1.79. The molecule has 2 aliphatic rings. The Bertz CT molecular complexity index is 811. The first kappa shape index (κ1) is 20.0. The number of benzene rings is 1. The molecular weight excluding hydrogens is 391 g/mol. The molecule has 8 heteroatoms. The van der Waals surface area contributed by atoms with Crippen molar-refractivity contribution in [3.8, 4) is 0 Å². The van der Waals surface area contributed by atoms with Gasteiger partial charge in [0.1, 0.15) is 0 Å². The summed E-state index contributed by atoms with van der Waals surface area (Å²) in [6.45, 7) is 4.81. The summed E-state index contributed by atoms with van der Waals surface area (Å²) in [6.07, 6.45) is 0.686. The van der Waals surface area contributed by atoms with Crippen LogP contribution in [0.25, 0.3) is 0 Å². The van der Waals surface area contributed by atoms with Crippen molar-refractivity contribution in [1.29, 1.82) is 0 Å². The number of carbonyl (C=O) groups excluding carboxylic acids is 3. The average molecular weight is 413 g/mol. The molecule has 0 bridgehead atoms. The maximum absolute atomic E-state index is 12.6. The third kappa shape index (κ3) is 3.41. The van der Waals surface area contributed by atoms with Crippen LogP contribution in [-0.2, 0) is 14.3 Å². The van der Waals surface area contributed by atoms with E-state index in [4.69, 9.17) is 27.9 Å². The highest BCUT2D eigenvalue weighted by Crippen LogP contribution is 2.63. The molecule has 1 aliphatic carbocycles. The fourth-order valence-corrected chi connectivity index (χ4v) is 4.97. The van der Waals surface area contributed by atoms with E-state index in [0.717, 1.165) is 0 Å². The van der Waals surface area contributed by atoms with E-state index in [1.165, 1.54) is 19.2 Å². The SMILES string of the molecule is COC(=O)[C@@]12CN(C(=O)CNC(=O)c3cc(Cl)ccc3Cl)C[C@@H]1C(C)(C)C2. The number of methoxy groups -OCH3 is 1. The van der Waals surface area contributed by atoms with Crippen LogP contribution in [0.5, 0.6) is 0 Å². The van der Waals surface area contributed by atoms with Crippen LogP contribution >= 0.6 is 23.2 Å². The lowest BCUT2D eigenvalue weighted by atomic mass is 9.48.